The minimum atomic E-state index is -0.139. The molecule has 0 spiro atoms. The number of aromatic nitrogens is 4. The number of nitriles is 1. The first-order valence-corrected chi connectivity index (χ1v) is 10.7. The van der Waals surface area contributed by atoms with Gasteiger partial charge in [0.2, 0.25) is 5.95 Å². The molecule has 1 aliphatic carbocycles. The smallest absolute Gasteiger partial charge is 0.224 e. The topological polar surface area (TPSA) is 110 Å². The highest BCUT2D eigenvalue weighted by atomic mass is 16.6. The quantitative estimate of drug-likeness (QED) is 0.753. The van der Waals surface area contributed by atoms with Gasteiger partial charge < -0.3 is 20.1 Å². The Labute approximate surface area is 180 Å². The van der Waals surface area contributed by atoms with Crippen molar-refractivity contribution in [3.63, 3.8) is 0 Å². The Morgan fingerprint density at radius 3 is 3.00 bits per heavy atom. The van der Waals surface area contributed by atoms with Crippen molar-refractivity contribution < 1.29 is 9.47 Å². The van der Waals surface area contributed by atoms with Gasteiger partial charge in [0, 0.05) is 24.4 Å². The van der Waals surface area contributed by atoms with E-state index in [2.05, 4.69) is 26.7 Å². The lowest BCUT2D eigenvalue weighted by atomic mass is 10.0. The fraction of sp³-hybridized carbons (Fsp3) is 0.455. The Kier molecular flexibility index (Phi) is 5.76. The van der Waals surface area contributed by atoms with Gasteiger partial charge >= 0.3 is 0 Å². The number of rotatable bonds is 5. The van der Waals surface area contributed by atoms with Crippen LogP contribution in [0.4, 0.5) is 5.95 Å². The zero-order valence-corrected chi connectivity index (χ0v) is 17.2. The monoisotopic (exact) mass is 419 g/mol. The van der Waals surface area contributed by atoms with Gasteiger partial charge in [-0.25, -0.2) is 9.97 Å². The average Bonchev–Trinajstić information content (AvgIpc) is 3.23. The lowest BCUT2D eigenvalue weighted by Crippen LogP contribution is -2.38. The molecule has 160 valence electrons. The van der Waals surface area contributed by atoms with Crippen molar-refractivity contribution in [3.05, 3.63) is 48.2 Å². The van der Waals surface area contributed by atoms with E-state index in [0.717, 1.165) is 43.0 Å². The molecule has 0 aromatic carbocycles. The van der Waals surface area contributed by atoms with E-state index < -0.39 is 0 Å². The van der Waals surface area contributed by atoms with E-state index in [-0.39, 0.29) is 18.6 Å². The molecule has 31 heavy (non-hydrogen) atoms. The molecule has 2 aromatic heterocycles. The van der Waals surface area contributed by atoms with Crippen LogP contribution in [0.5, 0.6) is 0 Å². The first-order chi connectivity index (χ1) is 15.3. The van der Waals surface area contributed by atoms with E-state index in [1.165, 1.54) is 0 Å². The van der Waals surface area contributed by atoms with Crippen LogP contribution in [0.3, 0.4) is 0 Å². The van der Waals surface area contributed by atoms with E-state index in [1.54, 1.807) is 12.4 Å². The SMILES string of the molecule is N#CCc1cnc(C2=CC3OCCOC3C=C2)n1-c1ccnc(N[C@H]2CCCNC2)n1. The lowest BCUT2D eigenvalue weighted by Gasteiger charge is -2.30. The van der Waals surface area contributed by atoms with Crippen LogP contribution >= 0.6 is 0 Å². The van der Waals surface area contributed by atoms with Crippen LogP contribution in [0.25, 0.3) is 11.4 Å². The second-order valence-corrected chi connectivity index (χ2v) is 7.82. The molecule has 2 saturated heterocycles. The molecule has 3 aliphatic rings. The Morgan fingerprint density at radius 1 is 1.26 bits per heavy atom. The van der Waals surface area contributed by atoms with Crippen LogP contribution < -0.4 is 10.6 Å². The maximum Gasteiger partial charge on any atom is 0.224 e. The molecule has 0 amide bonds. The largest absolute Gasteiger partial charge is 0.369 e. The zero-order valence-electron chi connectivity index (χ0n) is 17.2. The van der Waals surface area contributed by atoms with Crippen LogP contribution in [0.2, 0.25) is 0 Å². The van der Waals surface area contributed by atoms with E-state index in [4.69, 9.17) is 14.5 Å². The summed E-state index contributed by atoms with van der Waals surface area (Å²) in [6.07, 6.45) is 11.7. The molecule has 2 aliphatic heterocycles. The second kappa shape index (κ2) is 8.98. The van der Waals surface area contributed by atoms with Crippen molar-refractivity contribution in [2.24, 2.45) is 0 Å². The van der Waals surface area contributed by atoms with Gasteiger partial charge in [-0.2, -0.15) is 10.2 Å². The van der Waals surface area contributed by atoms with Crippen LogP contribution in [0.1, 0.15) is 24.4 Å². The fourth-order valence-electron chi connectivity index (χ4n) is 4.20. The second-order valence-electron chi connectivity index (χ2n) is 7.82. The summed E-state index contributed by atoms with van der Waals surface area (Å²) in [7, 11) is 0. The third-order valence-electron chi connectivity index (χ3n) is 5.69. The molecular weight excluding hydrogens is 394 g/mol. The number of allylic oxidation sites excluding steroid dienone is 2. The Morgan fingerprint density at radius 2 is 2.16 bits per heavy atom. The Balaban J connectivity index is 1.48. The summed E-state index contributed by atoms with van der Waals surface area (Å²) < 4.78 is 13.5. The summed E-state index contributed by atoms with van der Waals surface area (Å²) in [4.78, 5) is 13.8. The van der Waals surface area contributed by atoms with Gasteiger partial charge in [-0.3, -0.25) is 4.57 Å². The Bertz CT molecular complexity index is 1030. The van der Waals surface area contributed by atoms with Gasteiger partial charge in [0.25, 0.3) is 0 Å². The first kappa shape index (κ1) is 19.9. The zero-order chi connectivity index (χ0) is 21.0. The van der Waals surface area contributed by atoms with Crippen molar-refractivity contribution in [2.45, 2.75) is 37.5 Å². The molecule has 9 heteroatoms. The molecular formula is C22H25N7O2. The molecule has 0 radical (unpaired) electrons. The van der Waals surface area contributed by atoms with Gasteiger partial charge in [-0.05, 0) is 31.5 Å². The minimum Gasteiger partial charge on any atom is -0.369 e. The normalized spacial score (nSPS) is 25.4. The Hall–Kier alpha value is -3.06. The van der Waals surface area contributed by atoms with Crippen molar-refractivity contribution in [2.75, 3.05) is 31.6 Å². The van der Waals surface area contributed by atoms with E-state index in [1.807, 2.05) is 28.9 Å². The lowest BCUT2D eigenvalue weighted by molar-refractivity contribution is -0.101. The highest BCUT2D eigenvalue weighted by Gasteiger charge is 2.28. The molecule has 0 saturated carbocycles. The molecule has 2 aromatic rings. The van der Waals surface area contributed by atoms with Gasteiger partial charge in [-0.15, -0.1) is 0 Å². The highest BCUT2D eigenvalue weighted by molar-refractivity contribution is 5.73. The molecule has 3 atom stereocenters. The molecule has 2 unspecified atom stereocenters. The van der Waals surface area contributed by atoms with Crippen LogP contribution in [0.15, 0.2) is 36.7 Å². The fourth-order valence-corrected chi connectivity index (χ4v) is 4.20. The number of hydrogen-bond acceptors (Lipinski definition) is 8. The number of ether oxygens (including phenoxy) is 2. The minimum absolute atomic E-state index is 0.0709. The van der Waals surface area contributed by atoms with Crippen molar-refractivity contribution in [3.8, 4) is 11.9 Å². The molecule has 5 rings (SSSR count). The van der Waals surface area contributed by atoms with Crippen LogP contribution in [-0.2, 0) is 15.9 Å². The van der Waals surface area contributed by atoms with Gasteiger partial charge in [0.1, 0.15) is 23.9 Å². The van der Waals surface area contributed by atoms with E-state index in [0.29, 0.717) is 31.0 Å². The summed E-state index contributed by atoms with van der Waals surface area (Å²) in [5, 5.41) is 16.1. The molecule has 2 fully saturated rings. The van der Waals surface area contributed by atoms with Crippen molar-refractivity contribution in [1.29, 1.82) is 5.26 Å². The summed E-state index contributed by atoms with van der Waals surface area (Å²) in [5.41, 5.74) is 1.69. The summed E-state index contributed by atoms with van der Waals surface area (Å²) >= 11 is 0. The number of anilines is 1. The summed E-state index contributed by atoms with van der Waals surface area (Å²) in [6.45, 7) is 3.12. The molecule has 0 bridgehead atoms. The number of imidazole rings is 1. The molecule has 9 nitrogen and oxygen atoms in total. The van der Waals surface area contributed by atoms with Crippen molar-refractivity contribution in [1.82, 2.24) is 24.8 Å². The first-order valence-electron chi connectivity index (χ1n) is 10.7. The van der Waals surface area contributed by atoms with Gasteiger partial charge in [-0.1, -0.05) is 12.2 Å². The average molecular weight is 419 g/mol. The van der Waals surface area contributed by atoms with Crippen LogP contribution in [0, 0.1) is 11.3 Å². The number of hydrogen-bond donors (Lipinski definition) is 2. The highest BCUT2D eigenvalue weighted by Crippen LogP contribution is 2.28. The summed E-state index contributed by atoms with van der Waals surface area (Å²) in [6, 6.07) is 4.37. The molecule has 4 heterocycles. The standard InChI is InChI=1S/C22H25N7O2/c23-7-5-17-14-26-21(15-3-4-18-19(12-15)31-11-10-30-18)29(17)20-6-9-25-22(28-20)27-16-2-1-8-24-13-16/h3-4,6,9,12,14,16,18-19,24H,1-2,5,8,10-11,13H2,(H,25,27,28)/t16-,18?,19?/m0/s1. The van der Waals surface area contributed by atoms with Gasteiger partial charge in [0.05, 0.1) is 37.6 Å². The number of nitrogens with one attached hydrogen (secondary N) is 2. The third-order valence-corrected chi connectivity index (χ3v) is 5.69. The summed E-state index contributed by atoms with van der Waals surface area (Å²) in [5.74, 6) is 1.97. The number of piperidine rings is 1. The number of nitrogens with zero attached hydrogens (tertiary/aromatic N) is 5. The maximum absolute atomic E-state index is 9.33. The predicted octanol–water partition coefficient (Wildman–Crippen LogP) is 1.63. The number of fused-ring (bicyclic) bond motifs is 1. The van der Waals surface area contributed by atoms with Crippen LogP contribution in [-0.4, -0.2) is 64.1 Å². The van der Waals surface area contributed by atoms with Crippen molar-refractivity contribution >= 4 is 11.5 Å². The van der Waals surface area contributed by atoms with E-state index in [9.17, 15) is 5.26 Å². The van der Waals surface area contributed by atoms with E-state index >= 15 is 0 Å². The molecule has 2 N–H and O–H groups in total. The predicted molar refractivity (Wildman–Crippen MR) is 115 cm³/mol. The van der Waals surface area contributed by atoms with Gasteiger partial charge in [0.15, 0.2) is 0 Å². The maximum atomic E-state index is 9.33. The third kappa shape index (κ3) is 4.23.